The maximum absolute atomic E-state index is 13.4. The second kappa shape index (κ2) is 7.09. The van der Waals surface area contributed by atoms with E-state index in [1.165, 1.54) is 19.3 Å². The first-order valence-corrected chi connectivity index (χ1v) is 6.46. The van der Waals surface area contributed by atoms with E-state index in [1.807, 2.05) is 0 Å². The summed E-state index contributed by atoms with van der Waals surface area (Å²) < 4.78 is 70.8. The Hall–Kier alpha value is -2.63. The number of rotatable bonds is 4. The molecular weight excluding hydrogens is 315 g/mol. The first-order chi connectivity index (χ1) is 11.0. The third-order valence-corrected chi connectivity index (χ3v) is 3.02. The predicted molar refractivity (Wildman–Crippen MR) is 77.3 cm³/mol. The molecule has 0 heterocycles. The summed E-state index contributed by atoms with van der Waals surface area (Å²) in [5, 5.41) is 0. The van der Waals surface area contributed by atoms with Gasteiger partial charge in [-0.3, -0.25) is 0 Å². The minimum Gasteiger partial charge on any atom is -0.497 e. The van der Waals surface area contributed by atoms with E-state index in [0.717, 1.165) is 11.6 Å². The zero-order valence-corrected chi connectivity index (χ0v) is 11.9. The van der Waals surface area contributed by atoms with Gasteiger partial charge in [0.05, 0.1) is 12.7 Å². The number of ether oxygens (including phenoxy) is 1. The smallest absolute Gasteiger partial charge is 0.200 e. The van der Waals surface area contributed by atoms with Crippen LogP contribution in [0.2, 0.25) is 0 Å². The third-order valence-electron chi connectivity index (χ3n) is 3.02. The fraction of sp³-hybridized carbons (Fsp3) is 0.0588. The summed E-state index contributed by atoms with van der Waals surface area (Å²) in [6, 6.07) is 6.91. The number of hydrogen-bond donors (Lipinski definition) is 0. The Bertz CT molecular complexity index is 735. The van der Waals surface area contributed by atoms with Crippen molar-refractivity contribution in [2.45, 2.75) is 0 Å². The summed E-state index contributed by atoms with van der Waals surface area (Å²) in [5.41, 5.74) is -0.214. The van der Waals surface area contributed by atoms with Gasteiger partial charge in [0.2, 0.25) is 5.82 Å². The van der Waals surface area contributed by atoms with E-state index in [9.17, 15) is 22.0 Å². The lowest BCUT2D eigenvalue weighted by Gasteiger charge is -2.03. The Morgan fingerprint density at radius 1 is 0.696 bits per heavy atom. The SMILES string of the molecule is COc1ccc(/C=C/C=C/c2c(F)c(F)c(F)c(F)c2F)cc1. The molecule has 120 valence electrons. The van der Waals surface area contributed by atoms with E-state index in [1.54, 1.807) is 30.3 Å². The lowest BCUT2D eigenvalue weighted by molar-refractivity contribution is 0.377. The van der Waals surface area contributed by atoms with Gasteiger partial charge in [-0.1, -0.05) is 30.4 Å². The highest BCUT2D eigenvalue weighted by molar-refractivity contribution is 5.58. The van der Waals surface area contributed by atoms with Crippen molar-refractivity contribution in [2.75, 3.05) is 7.11 Å². The molecule has 0 aliphatic rings. The van der Waals surface area contributed by atoms with Gasteiger partial charge >= 0.3 is 0 Å². The van der Waals surface area contributed by atoms with Crippen LogP contribution in [0.25, 0.3) is 12.2 Å². The largest absolute Gasteiger partial charge is 0.497 e. The van der Waals surface area contributed by atoms with E-state index in [0.29, 0.717) is 5.75 Å². The summed E-state index contributed by atoms with van der Waals surface area (Å²) in [6.07, 6.45) is 5.01. The van der Waals surface area contributed by atoms with Crippen LogP contribution in [0.1, 0.15) is 11.1 Å². The Balaban J connectivity index is 2.22. The topological polar surface area (TPSA) is 9.23 Å². The van der Waals surface area contributed by atoms with Crippen molar-refractivity contribution < 1.29 is 26.7 Å². The van der Waals surface area contributed by atoms with Crippen LogP contribution in [0.3, 0.4) is 0 Å². The molecule has 0 aromatic heterocycles. The Morgan fingerprint density at radius 2 is 1.17 bits per heavy atom. The number of allylic oxidation sites excluding steroid dienone is 2. The van der Waals surface area contributed by atoms with Gasteiger partial charge in [0.1, 0.15) is 5.75 Å². The average molecular weight is 326 g/mol. The molecule has 0 unspecified atom stereocenters. The highest BCUT2D eigenvalue weighted by Gasteiger charge is 2.23. The van der Waals surface area contributed by atoms with E-state index >= 15 is 0 Å². The van der Waals surface area contributed by atoms with Crippen LogP contribution >= 0.6 is 0 Å². The summed E-state index contributed by atoms with van der Waals surface area (Å²) in [4.78, 5) is 0. The molecule has 2 aromatic carbocycles. The van der Waals surface area contributed by atoms with Crippen molar-refractivity contribution in [3.8, 4) is 5.75 Å². The standard InChI is InChI=1S/C17H11F5O/c1-23-11-8-6-10(7-9-11)4-2-3-5-12-13(18)15(20)17(22)16(21)14(12)19/h2-9H,1H3/b4-2+,5-3+. The highest BCUT2D eigenvalue weighted by atomic mass is 19.2. The fourth-order valence-electron chi connectivity index (χ4n) is 1.80. The maximum Gasteiger partial charge on any atom is 0.200 e. The van der Waals surface area contributed by atoms with Crippen molar-refractivity contribution in [3.05, 3.63) is 76.6 Å². The molecule has 0 aliphatic carbocycles. The molecule has 0 fully saturated rings. The molecule has 0 amide bonds. The molecular formula is C17H11F5O. The first kappa shape index (κ1) is 16.7. The van der Waals surface area contributed by atoms with E-state index in [2.05, 4.69) is 0 Å². The Labute approximate surface area is 129 Å². The van der Waals surface area contributed by atoms with Crippen LogP contribution in [0, 0.1) is 29.1 Å². The molecule has 0 saturated heterocycles. The molecule has 2 rings (SSSR count). The Kier molecular flexibility index (Phi) is 5.16. The van der Waals surface area contributed by atoms with Gasteiger partial charge in [-0.2, -0.15) is 0 Å². The molecule has 1 nitrogen and oxygen atoms in total. The minimum absolute atomic E-state index is 0.666. The third kappa shape index (κ3) is 3.59. The molecule has 0 aliphatic heterocycles. The monoisotopic (exact) mass is 326 g/mol. The van der Waals surface area contributed by atoms with Crippen molar-refractivity contribution in [1.29, 1.82) is 0 Å². The van der Waals surface area contributed by atoms with Crippen LogP contribution in [-0.4, -0.2) is 7.11 Å². The zero-order valence-electron chi connectivity index (χ0n) is 11.9. The van der Waals surface area contributed by atoms with Gasteiger partial charge in [0.25, 0.3) is 0 Å². The molecule has 0 spiro atoms. The second-order valence-corrected chi connectivity index (χ2v) is 4.47. The van der Waals surface area contributed by atoms with Crippen molar-refractivity contribution in [3.63, 3.8) is 0 Å². The number of benzene rings is 2. The number of methoxy groups -OCH3 is 1. The van der Waals surface area contributed by atoms with Crippen LogP contribution in [0.5, 0.6) is 5.75 Å². The van der Waals surface area contributed by atoms with Gasteiger partial charge in [-0.15, -0.1) is 0 Å². The second-order valence-electron chi connectivity index (χ2n) is 4.47. The highest BCUT2D eigenvalue weighted by Crippen LogP contribution is 2.24. The zero-order chi connectivity index (χ0) is 17.0. The fourth-order valence-corrected chi connectivity index (χ4v) is 1.80. The quantitative estimate of drug-likeness (QED) is 0.328. The summed E-state index contributed by atoms with van der Waals surface area (Å²) in [7, 11) is 1.53. The normalized spacial score (nSPS) is 11.6. The minimum atomic E-state index is -2.18. The molecule has 0 atom stereocenters. The van der Waals surface area contributed by atoms with Gasteiger partial charge in [0, 0.05) is 0 Å². The summed E-state index contributed by atoms with van der Waals surface area (Å²) in [5.74, 6) is -9.18. The molecule has 2 aromatic rings. The van der Waals surface area contributed by atoms with Gasteiger partial charge < -0.3 is 4.74 Å². The maximum atomic E-state index is 13.4. The van der Waals surface area contributed by atoms with Crippen LogP contribution in [0.15, 0.2) is 36.4 Å². The van der Waals surface area contributed by atoms with Crippen molar-refractivity contribution in [2.24, 2.45) is 0 Å². The van der Waals surface area contributed by atoms with E-state index in [4.69, 9.17) is 4.74 Å². The number of halogens is 5. The molecule has 0 radical (unpaired) electrons. The van der Waals surface area contributed by atoms with Crippen molar-refractivity contribution in [1.82, 2.24) is 0 Å². The van der Waals surface area contributed by atoms with Crippen LogP contribution in [-0.2, 0) is 0 Å². The molecule has 0 N–H and O–H groups in total. The Morgan fingerprint density at radius 3 is 1.70 bits per heavy atom. The van der Waals surface area contributed by atoms with Crippen molar-refractivity contribution >= 4 is 12.2 Å². The average Bonchev–Trinajstić information content (AvgIpc) is 2.58. The van der Waals surface area contributed by atoms with Gasteiger partial charge in [0.15, 0.2) is 23.3 Å². The lowest BCUT2D eigenvalue weighted by atomic mass is 10.1. The number of hydrogen-bond acceptors (Lipinski definition) is 1. The van der Waals surface area contributed by atoms with Gasteiger partial charge in [-0.05, 0) is 23.8 Å². The van der Waals surface area contributed by atoms with E-state index in [-0.39, 0.29) is 0 Å². The summed E-state index contributed by atoms with van der Waals surface area (Å²) >= 11 is 0. The first-order valence-electron chi connectivity index (χ1n) is 6.46. The van der Waals surface area contributed by atoms with Crippen LogP contribution in [0.4, 0.5) is 22.0 Å². The van der Waals surface area contributed by atoms with Crippen LogP contribution < -0.4 is 4.74 Å². The predicted octanol–water partition coefficient (Wildman–Crippen LogP) is 5.12. The lowest BCUT2D eigenvalue weighted by Crippen LogP contribution is -2.03. The molecule has 0 bridgehead atoms. The summed E-state index contributed by atoms with van der Waals surface area (Å²) in [6.45, 7) is 0. The van der Waals surface area contributed by atoms with E-state index < -0.39 is 34.6 Å². The van der Waals surface area contributed by atoms with Gasteiger partial charge in [-0.25, -0.2) is 22.0 Å². The molecule has 23 heavy (non-hydrogen) atoms. The molecule has 0 saturated carbocycles. The molecule has 6 heteroatoms.